The minimum atomic E-state index is 0.157. The fourth-order valence-corrected chi connectivity index (χ4v) is 5.06. The fraction of sp³-hybridized carbons (Fsp3) is 0.632. The van der Waals surface area contributed by atoms with Crippen LogP contribution in [0.3, 0.4) is 0 Å². The van der Waals surface area contributed by atoms with Gasteiger partial charge in [0.25, 0.3) is 0 Å². The van der Waals surface area contributed by atoms with Gasteiger partial charge in [-0.25, -0.2) is 4.79 Å². The molecule has 1 aromatic carbocycles. The second-order valence-electron chi connectivity index (χ2n) is 7.57. The lowest BCUT2D eigenvalue weighted by molar-refractivity contribution is 0.000896. The molecule has 4 aliphatic rings. The van der Waals surface area contributed by atoms with Crippen molar-refractivity contribution in [3.8, 4) is 5.75 Å². The lowest BCUT2D eigenvalue weighted by Gasteiger charge is -2.51. The Kier molecular flexibility index (Phi) is 3.91. The zero-order valence-electron chi connectivity index (χ0n) is 14.8. The molecule has 0 unspecified atom stereocenters. The van der Waals surface area contributed by atoms with Crippen LogP contribution in [-0.2, 0) is 0 Å². The number of benzene rings is 1. The van der Waals surface area contributed by atoms with Gasteiger partial charge in [0.1, 0.15) is 5.75 Å². The van der Waals surface area contributed by atoms with Crippen LogP contribution in [0.5, 0.6) is 5.75 Å². The third-order valence-corrected chi connectivity index (χ3v) is 6.14. The number of rotatable bonds is 2. The Morgan fingerprint density at radius 3 is 2.62 bits per heavy atom. The molecule has 130 valence electrons. The molecule has 0 saturated carbocycles. The molecule has 3 atom stereocenters. The van der Waals surface area contributed by atoms with Crippen LogP contribution in [-0.4, -0.2) is 73.7 Å². The van der Waals surface area contributed by atoms with Crippen LogP contribution >= 0.6 is 0 Å². The van der Waals surface area contributed by atoms with Gasteiger partial charge >= 0.3 is 6.03 Å². The Morgan fingerprint density at radius 2 is 1.96 bits per heavy atom. The molecule has 4 saturated heterocycles. The van der Waals surface area contributed by atoms with Crippen LogP contribution < -0.4 is 4.74 Å². The summed E-state index contributed by atoms with van der Waals surface area (Å²) in [5.41, 5.74) is 1.30. The van der Waals surface area contributed by atoms with Gasteiger partial charge in [-0.05, 0) is 49.5 Å². The largest absolute Gasteiger partial charge is 0.497 e. The number of piperidine rings is 3. The normalized spacial score (nSPS) is 34.1. The first kappa shape index (κ1) is 15.8. The Balaban J connectivity index is 1.71. The molecule has 4 heterocycles. The molecule has 0 aliphatic carbocycles. The lowest BCUT2D eigenvalue weighted by Crippen LogP contribution is -2.61. The molecule has 0 aromatic heterocycles. The number of likely N-dealkylation sites (tertiary alicyclic amines) is 1. The first-order chi connectivity index (χ1) is 11.6. The smallest absolute Gasteiger partial charge is 0.319 e. The summed E-state index contributed by atoms with van der Waals surface area (Å²) in [6.45, 7) is 3.17. The second kappa shape index (κ2) is 5.96. The third-order valence-electron chi connectivity index (χ3n) is 6.14. The number of urea groups is 1. The summed E-state index contributed by atoms with van der Waals surface area (Å²) in [7, 11) is 5.43. The molecule has 0 spiro atoms. The molecule has 5 nitrogen and oxygen atoms in total. The van der Waals surface area contributed by atoms with E-state index in [0.29, 0.717) is 23.9 Å². The average Bonchev–Trinajstić information content (AvgIpc) is 3.04. The van der Waals surface area contributed by atoms with E-state index in [1.54, 1.807) is 12.0 Å². The average molecular weight is 329 g/mol. The van der Waals surface area contributed by atoms with Gasteiger partial charge < -0.3 is 14.5 Å². The van der Waals surface area contributed by atoms with E-state index < -0.39 is 0 Å². The molecule has 1 aromatic rings. The monoisotopic (exact) mass is 329 g/mol. The maximum absolute atomic E-state index is 12.8. The molecule has 2 bridgehead atoms. The van der Waals surface area contributed by atoms with Crippen molar-refractivity contribution >= 4 is 6.03 Å². The van der Waals surface area contributed by atoms with E-state index >= 15 is 0 Å². The van der Waals surface area contributed by atoms with Gasteiger partial charge in [0.2, 0.25) is 0 Å². The summed E-state index contributed by atoms with van der Waals surface area (Å²) in [6.07, 6.45) is 2.45. The van der Waals surface area contributed by atoms with E-state index in [0.717, 1.165) is 12.3 Å². The van der Waals surface area contributed by atoms with Gasteiger partial charge in [-0.3, -0.25) is 4.90 Å². The van der Waals surface area contributed by atoms with Gasteiger partial charge in [-0.2, -0.15) is 0 Å². The van der Waals surface area contributed by atoms with Crippen LogP contribution in [0.2, 0.25) is 0 Å². The number of ether oxygens (including phenoxy) is 1. The minimum Gasteiger partial charge on any atom is -0.497 e. The Hall–Kier alpha value is -1.75. The highest BCUT2D eigenvalue weighted by atomic mass is 16.5. The van der Waals surface area contributed by atoms with E-state index in [2.05, 4.69) is 28.0 Å². The molecule has 24 heavy (non-hydrogen) atoms. The minimum absolute atomic E-state index is 0.157. The molecule has 2 amide bonds. The predicted octanol–water partition coefficient (Wildman–Crippen LogP) is 2.24. The van der Waals surface area contributed by atoms with E-state index in [9.17, 15) is 4.79 Å². The number of hydrogen-bond acceptors (Lipinski definition) is 3. The number of methoxy groups -OCH3 is 1. The van der Waals surface area contributed by atoms with Gasteiger partial charge in [-0.1, -0.05) is 12.1 Å². The van der Waals surface area contributed by atoms with E-state index in [1.165, 1.54) is 31.5 Å². The van der Waals surface area contributed by atoms with Crippen molar-refractivity contribution < 1.29 is 9.53 Å². The first-order valence-corrected chi connectivity index (χ1v) is 8.96. The van der Waals surface area contributed by atoms with Gasteiger partial charge in [0, 0.05) is 32.6 Å². The molecule has 4 aliphatic heterocycles. The second-order valence-corrected chi connectivity index (χ2v) is 7.57. The highest BCUT2D eigenvalue weighted by molar-refractivity contribution is 5.75. The van der Waals surface area contributed by atoms with Crippen molar-refractivity contribution in [2.75, 3.05) is 40.8 Å². The summed E-state index contributed by atoms with van der Waals surface area (Å²) in [4.78, 5) is 19.3. The van der Waals surface area contributed by atoms with Crippen molar-refractivity contribution in [2.24, 2.45) is 5.92 Å². The summed E-state index contributed by atoms with van der Waals surface area (Å²) in [5.74, 6) is 1.93. The van der Waals surface area contributed by atoms with Crippen LogP contribution in [0, 0.1) is 5.92 Å². The maximum Gasteiger partial charge on any atom is 0.319 e. The fourth-order valence-electron chi connectivity index (χ4n) is 5.06. The number of hydrogen-bond donors (Lipinski definition) is 0. The lowest BCUT2D eigenvalue weighted by atomic mass is 9.75. The summed E-state index contributed by atoms with van der Waals surface area (Å²) < 4.78 is 5.42. The van der Waals surface area contributed by atoms with Crippen molar-refractivity contribution in [3.63, 3.8) is 0 Å². The topological polar surface area (TPSA) is 36.0 Å². The summed E-state index contributed by atoms with van der Waals surface area (Å²) in [6, 6.07) is 9.37. The van der Waals surface area contributed by atoms with E-state index in [4.69, 9.17) is 4.74 Å². The molecular weight excluding hydrogens is 302 g/mol. The predicted molar refractivity (Wildman–Crippen MR) is 93.4 cm³/mol. The van der Waals surface area contributed by atoms with E-state index in [1.807, 2.05) is 20.2 Å². The Labute approximate surface area is 144 Å². The number of nitrogens with zero attached hydrogens (tertiary/aromatic N) is 3. The zero-order valence-corrected chi connectivity index (χ0v) is 14.8. The van der Waals surface area contributed by atoms with Crippen molar-refractivity contribution in [2.45, 2.75) is 30.8 Å². The molecule has 4 fully saturated rings. The SMILES string of the molecule is COc1cccc([C@H]2CN(C(=O)N(C)C)[C@H]3C4CCN(CC4)[C@@H]23)c1. The maximum atomic E-state index is 12.8. The standard InChI is InChI=1S/C19H27N3O2/c1-20(2)19(23)22-12-16(14-5-4-6-15(11-14)24-3)18-17(22)13-7-9-21(18)10-8-13/h4-6,11,13,16-18H,7-10,12H2,1-3H3/t16-,17+,18+/m1/s1. The van der Waals surface area contributed by atoms with Crippen molar-refractivity contribution in [1.29, 1.82) is 0 Å². The van der Waals surface area contributed by atoms with E-state index in [-0.39, 0.29) is 6.03 Å². The Bertz CT molecular complexity index is 625. The number of carbonyl (C=O) groups excluding carboxylic acids is 1. The Morgan fingerprint density at radius 1 is 1.21 bits per heavy atom. The highest BCUT2D eigenvalue weighted by Crippen LogP contribution is 2.47. The van der Waals surface area contributed by atoms with Crippen LogP contribution in [0.4, 0.5) is 4.79 Å². The van der Waals surface area contributed by atoms with Gasteiger partial charge in [0.15, 0.2) is 0 Å². The molecule has 0 radical (unpaired) electrons. The zero-order chi connectivity index (χ0) is 16.8. The highest BCUT2D eigenvalue weighted by Gasteiger charge is 2.54. The quantitative estimate of drug-likeness (QED) is 0.835. The number of fused-ring (bicyclic) bond motifs is 2. The number of carbonyl (C=O) groups is 1. The van der Waals surface area contributed by atoms with Crippen molar-refractivity contribution in [1.82, 2.24) is 14.7 Å². The molecule has 0 N–H and O–H groups in total. The van der Waals surface area contributed by atoms with Crippen LogP contribution in [0.15, 0.2) is 24.3 Å². The third kappa shape index (κ3) is 2.37. The van der Waals surface area contributed by atoms with Gasteiger partial charge in [-0.15, -0.1) is 0 Å². The van der Waals surface area contributed by atoms with Crippen LogP contribution in [0.25, 0.3) is 0 Å². The van der Waals surface area contributed by atoms with Crippen LogP contribution in [0.1, 0.15) is 24.3 Å². The molecule has 5 heteroatoms. The summed E-state index contributed by atoms with van der Waals surface area (Å²) >= 11 is 0. The van der Waals surface area contributed by atoms with Gasteiger partial charge in [0.05, 0.1) is 13.2 Å². The number of amides is 2. The summed E-state index contributed by atoms with van der Waals surface area (Å²) in [5, 5.41) is 0. The van der Waals surface area contributed by atoms with Crippen molar-refractivity contribution in [3.05, 3.63) is 29.8 Å². The molecule has 5 rings (SSSR count). The first-order valence-electron chi connectivity index (χ1n) is 8.96. The molecular formula is C19H27N3O2.